The Labute approximate surface area is 308 Å². The maximum Gasteiger partial charge on any atom is 0.262 e. The number of nitrogens with zero attached hydrogens (tertiary/aromatic N) is 4. The summed E-state index contributed by atoms with van der Waals surface area (Å²) in [5.74, 6) is 0.181. The lowest BCUT2D eigenvalue weighted by molar-refractivity contribution is -0.137. The first-order chi connectivity index (χ1) is 25.7. The molecule has 53 heavy (non-hydrogen) atoms. The van der Waals surface area contributed by atoms with Crippen LogP contribution in [0.25, 0.3) is 0 Å². The van der Waals surface area contributed by atoms with E-state index in [1.165, 1.54) is 19.4 Å². The van der Waals surface area contributed by atoms with Crippen LogP contribution in [0.4, 0.5) is 21.7 Å². The zero-order valence-corrected chi connectivity index (χ0v) is 30.4. The third kappa shape index (κ3) is 9.70. The van der Waals surface area contributed by atoms with Crippen molar-refractivity contribution in [2.24, 2.45) is 5.92 Å². The number of piperidine rings is 1. The third-order valence-electron chi connectivity index (χ3n) is 9.17. The number of halogens is 1. The van der Waals surface area contributed by atoms with Gasteiger partial charge in [-0.1, -0.05) is 18.2 Å². The van der Waals surface area contributed by atoms with Crippen LogP contribution in [-0.4, -0.2) is 98.3 Å². The van der Waals surface area contributed by atoms with Gasteiger partial charge in [0, 0.05) is 55.3 Å². The van der Waals surface area contributed by atoms with Gasteiger partial charge in [-0.15, -0.1) is 0 Å². The maximum atomic E-state index is 15.2. The number of benzene rings is 3. The lowest BCUT2D eigenvalue weighted by atomic mass is 10.00. The summed E-state index contributed by atoms with van der Waals surface area (Å²) in [5.41, 5.74) is 2.83. The summed E-state index contributed by atoms with van der Waals surface area (Å²) in [4.78, 5) is 39.2. The fourth-order valence-corrected chi connectivity index (χ4v) is 6.27. The molecule has 6 rings (SSSR count). The highest BCUT2D eigenvalue weighted by molar-refractivity contribution is 6.06. The van der Waals surface area contributed by atoms with Crippen molar-refractivity contribution in [3.63, 3.8) is 0 Å². The maximum absolute atomic E-state index is 15.2. The molecule has 2 fully saturated rings. The van der Waals surface area contributed by atoms with E-state index in [0.29, 0.717) is 56.0 Å². The molecule has 2 aliphatic rings. The molecule has 3 heterocycles. The van der Waals surface area contributed by atoms with Crippen LogP contribution in [0.2, 0.25) is 0 Å². The minimum Gasteiger partial charge on any atom is -0.493 e. The van der Waals surface area contributed by atoms with Gasteiger partial charge >= 0.3 is 0 Å². The number of methoxy groups -OCH3 is 1. The number of aromatic nitrogens is 2. The van der Waals surface area contributed by atoms with Gasteiger partial charge in [0.2, 0.25) is 11.8 Å². The van der Waals surface area contributed by atoms with Gasteiger partial charge in [0.1, 0.15) is 11.3 Å². The number of morpholine rings is 1. The van der Waals surface area contributed by atoms with Gasteiger partial charge in [-0.3, -0.25) is 9.59 Å². The van der Waals surface area contributed by atoms with Gasteiger partial charge in [0.05, 0.1) is 26.9 Å². The molecule has 13 nitrogen and oxygen atoms in total. The highest BCUT2D eigenvalue weighted by atomic mass is 19.1. The Morgan fingerprint density at radius 2 is 1.75 bits per heavy atom. The molecule has 1 aromatic heterocycles. The summed E-state index contributed by atoms with van der Waals surface area (Å²) in [7, 11) is 3.54. The number of hydrogen-bond acceptors (Lipinski definition) is 11. The number of nitrogens with one attached hydrogen (secondary N) is 2. The molecule has 2 amide bonds. The predicted octanol–water partition coefficient (Wildman–Crippen LogP) is 5.99. The molecular weight excluding hydrogens is 683 g/mol. The van der Waals surface area contributed by atoms with Crippen LogP contribution >= 0.6 is 0 Å². The summed E-state index contributed by atoms with van der Waals surface area (Å²) in [6, 6.07) is 15.0. The van der Waals surface area contributed by atoms with Gasteiger partial charge in [0.25, 0.3) is 11.8 Å². The van der Waals surface area contributed by atoms with Crippen LogP contribution in [0.5, 0.6) is 28.9 Å². The Hall–Kier alpha value is -5.47. The fraction of sp³-hybridized carbons (Fsp3) is 0.385. The van der Waals surface area contributed by atoms with Gasteiger partial charge in [-0.25, -0.2) is 9.37 Å². The number of para-hydroxylation sites is 1. The summed E-state index contributed by atoms with van der Waals surface area (Å²) in [6.45, 7) is 8.08. The molecule has 2 aliphatic heterocycles. The van der Waals surface area contributed by atoms with E-state index >= 15 is 4.39 Å². The largest absolute Gasteiger partial charge is 0.493 e. The third-order valence-corrected chi connectivity index (χ3v) is 9.17. The molecular formula is C39H45FN6O7. The van der Waals surface area contributed by atoms with Gasteiger partial charge in [-0.05, 0) is 75.7 Å². The minimum atomic E-state index is -0.529. The van der Waals surface area contributed by atoms with Crippen molar-refractivity contribution in [2.75, 3.05) is 77.4 Å². The molecule has 0 radical (unpaired) electrons. The zero-order valence-electron chi connectivity index (χ0n) is 30.4. The second kappa shape index (κ2) is 17.4. The van der Waals surface area contributed by atoms with Crippen LogP contribution in [0.15, 0.2) is 60.8 Å². The molecule has 0 spiro atoms. The first-order valence-electron chi connectivity index (χ1n) is 17.6. The molecule has 0 aliphatic carbocycles. The summed E-state index contributed by atoms with van der Waals surface area (Å²) >= 11 is 0. The lowest BCUT2D eigenvalue weighted by Crippen LogP contribution is -2.42. The number of ether oxygens (including phenoxy) is 5. The Morgan fingerprint density at radius 1 is 0.981 bits per heavy atom. The number of hydrogen-bond donors (Lipinski definition) is 2. The molecule has 1 unspecified atom stereocenters. The van der Waals surface area contributed by atoms with Crippen molar-refractivity contribution < 1.29 is 37.7 Å². The van der Waals surface area contributed by atoms with Crippen LogP contribution in [0.1, 0.15) is 34.3 Å². The monoisotopic (exact) mass is 728 g/mol. The van der Waals surface area contributed by atoms with E-state index in [2.05, 4.69) is 32.5 Å². The quantitative estimate of drug-likeness (QED) is 0.168. The van der Waals surface area contributed by atoms with E-state index in [0.717, 1.165) is 37.1 Å². The van der Waals surface area contributed by atoms with Gasteiger partial charge in [-0.2, -0.15) is 4.98 Å². The van der Waals surface area contributed by atoms with E-state index in [-0.39, 0.29) is 47.2 Å². The second-order valence-corrected chi connectivity index (χ2v) is 13.2. The normalized spacial score (nSPS) is 16.1. The number of carbonyl (C=O) groups is 2. The van der Waals surface area contributed by atoms with Crippen LogP contribution in [0.3, 0.4) is 0 Å². The number of rotatable bonds is 13. The average Bonchev–Trinajstić information content (AvgIpc) is 3.16. The number of carbonyl (C=O) groups excluding carboxylic acids is 2. The van der Waals surface area contributed by atoms with Crippen LogP contribution in [-0.2, 0) is 9.53 Å². The number of amides is 2. The molecule has 2 N–H and O–H groups in total. The van der Waals surface area contributed by atoms with E-state index < -0.39 is 11.7 Å². The summed E-state index contributed by atoms with van der Waals surface area (Å²) in [5, 5.41) is 5.96. The number of likely N-dealkylation sites (tertiary alicyclic amines) is 1. The van der Waals surface area contributed by atoms with Crippen LogP contribution < -0.4 is 29.6 Å². The fourth-order valence-electron chi connectivity index (χ4n) is 6.27. The smallest absolute Gasteiger partial charge is 0.262 e. The summed E-state index contributed by atoms with van der Waals surface area (Å²) in [6.07, 6.45) is 3.48. The molecule has 280 valence electrons. The van der Waals surface area contributed by atoms with E-state index in [9.17, 15) is 9.59 Å². The van der Waals surface area contributed by atoms with Crippen molar-refractivity contribution >= 4 is 29.1 Å². The van der Waals surface area contributed by atoms with Gasteiger partial charge in [0.15, 0.2) is 29.7 Å². The summed E-state index contributed by atoms with van der Waals surface area (Å²) < 4.78 is 43.9. The molecule has 0 bridgehead atoms. The van der Waals surface area contributed by atoms with Crippen LogP contribution in [0, 0.1) is 25.6 Å². The van der Waals surface area contributed by atoms with Crippen molar-refractivity contribution in [1.29, 1.82) is 0 Å². The Kier molecular flexibility index (Phi) is 12.2. The molecule has 0 saturated carbocycles. The van der Waals surface area contributed by atoms with E-state index in [1.54, 1.807) is 35.2 Å². The van der Waals surface area contributed by atoms with E-state index in [1.807, 2.05) is 32.0 Å². The molecule has 3 aromatic carbocycles. The van der Waals surface area contributed by atoms with Crippen molar-refractivity contribution in [3.8, 4) is 28.9 Å². The molecule has 1 atom stereocenters. The van der Waals surface area contributed by atoms with E-state index in [4.69, 9.17) is 23.7 Å². The first kappa shape index (κ1) is 37.3. The Morgan fingerprint density at radius 3 is 2.49 bits per heavy atom. The minimum absolute atomic E-state index is 0.0416. The molecule has 4 aromatic rings. The highest BCUT2D eigenvalue weighted by Crippen LogP contribution is 2.36. The second-order valence-electron chi connectivity index (χ2n) is 13.2. The Bertz CT molecular complexity index is 1900. The molecule has 2 saturated heterocycles. The number of anilines is 3. The zero-order chi connectivity index (χ0) is 37.3. The highest BCUT2D eigenvalue weighted by Gasteiger charge is 2.23. The first-order valence-corrected chi connectivity index (χ1v) is 17.6. The van der Waals surface area contributed by atoms with Crippen molar-refractivity contribution in [2.45, 2.75) is 26.7 Å². The Balaban J connectivity index is 1.21. The lowest BCUT2D eigenvalue weighted by Gasteiger charge is -2.29. The number of aryl methyl sites for hydroxylation is 2. The van der Waals surface area contributed by atoms with Crippen molar-refractivity contribution in [3.05, 3.63) is 83.3 Å². The topological polar surface area (TPSA) is 137 Å². The van der Waals surface area contributed by atoms with Crippen molar-refractivity contribution in [1.82, 2.24) is 19.8 Å². The molecule has 14 heteroatoms. The standard InChI is InChI=1S/C39H45FN6O7/c1-25-7-5-8-26(2)36(25)43-37(48)30-21-41-39(42-28-10-12-32(31(40)19-28)52-23-27-9-6-14-45(3)22-27)44-38(30)53-33-13-11-29(20-34(33)49-4)51-24-35(47)46-15-17-50-18-16-46/h5,7-8,10-13,19-21,27H,6,9,14-18,22-24H2,1-4H3,(H,43,48)(H,41,42,44). The SMILES string of the molecule is COc1cc(OCC(=O)N2CCOCC2)ccc1Oc1nc(Nc2ccc(OCC3CCCN(C)C3)c(F)c2)ncc1C(=O)Nc1c(C)cccc1C. The average molecular weight is 729 g/mol. The predicted molar refractivity (Wildman–Crippen MR) is 197 cm³/mol. The van der Waals surface area contributed by atoms with Gasteiger partial charge < -0.3 is 44.1 Å².